The van der Waals surface area contributed by atoms with E-state index in [1.54, 1.807) is 6.07 Å². The minimum Gasteiger partial charge on any atom is -0.474 e. The Hall–Kier alpha value is -1.65. The van der Waals surface area contributed by atoms with Gasteiger partial charge in [0.2, 0.25) is 0 Å². The van der Waals surface area contributed by atoms with E-state index in [-0.39, 0.29) is 5.75 Å². The van der Waals surface area contributed by atoms with Gasteiger partial charge in [-0.15, -0.1) is 0 Å². The van der Waals surface area contributed by atoms with Crippen molar-refractivity contribution in [3.63, 3.8) is 0 Å². The molecule has 0 fully saturated rings. The van der Waals surface area contributed by atoms with Gasteiger partial charge in [-0.3, -0.25) is 0 Å². The summed E-state index contributed by atoms with van der Waals surface area (Å²) in [6.07, 6.45) is -4.18. The zero-order valence-electron chi connectivity index (χ0n) is 6.41. The Kier molecular flexibility index (Phi) is 2.46. The van der Waals surface area contributed by atoms with Gasteiger partial charge < -0.3 is 9.84 Å². The SMILES string of the molecule is O=C(O)C(F)(F)Oc1ccccc1. The van der Waals surface area contributed by atoms with Gasteiger partial charge in [0.25, 0.3) is 0 Å². The minimum atomic E-state index is -4.18. The van der Waals surface area contributed by atoms with Crippen molar-refractivity contribution in [2.24, 2.45) is 0 Å². The smallest absolute Gasteiger partial charge is 0.474 e. The van der Waals surface area contributed by atoms with Crippen LogP contribution in [0.4, 0.5) is 8.78 Å². The highest BCUT2D eigenvalue weighted by Crippen LogP contribution is 2.20. The molecule has 0 saturated carbocycles. The molecule has 0 aliphatic rings. The molecule has 0 bridgehead atoms. The Morgan fingerprint density at radius 1 is 1.31 bits per heavy atom. The van der Waals surface area contributed by atoms with Crippen LogP contribution in [0.5, 0.6) is 5.75 Å². The maximum Gasteiger partial charge on any atom is 0.501 e. The fourth-order valence-corrected chi connectivity index (χ4v) is 0.680. The molecule has 1 aromatic rings. The van der Waals surface area contributed by atoms with Crippen molar-refractivity contribution in [2.45, 2.75) is 6.11 Å². The van der Waals surface area contributed by atoms with Gasteiger partial charge in [0.05, 0.1) is 0 Å². The third kappa shape index (κ3) is 2.40. The monoisotopic (exact) mass is 188 g/mol. The van der Waals surface area contributed by atoms with E-state index in [2.05, 4.69) is 4.74 Å². The van der Waals surface area contributed by atoms with Crippen LogP contribution in [0.15, 0.2) is 30.3 Å². The van der Waals surface area contributed by atoms with E-state index in [0.717, 1.165) is 0 Å². The number of hydrogen-bond donors (Lipinski definition) is 1. The predicted molar refractivity (Wildman–Crippen MR) is 39.7 cm³/mol. The third-order valence-corrected chi connectivity index (χ3v) is 1.24. The molecule has 70 valence electrons. The van der Waals surface area contributed by atoms with E-state index in [9.17, 15) is 13.6 Å². The van der Waals surface area contributed by atoms with Crippen LogP contribution in [0.25, 0.3) is 0 Å². The first-order valence-electron chi connectivity index (χ1n) is 3.37. The van der Waals surface area contributed by atoms with Gasteiger partial charge in [-0.25, -0.2) is 4.79 Å². The Bertz CT molecular complexity index is 298. The lowest BCUT2D eigenvalue weighted by atomic mass is 10.3. The largest absolute Gasteiger partial charge is 0.501 e. The predicted octanol–water partition coefficient (Wildman–Crippen LogP) is 1.74. The summed E-state index contributed by atoms with van der Waals surface area (Å²) in [5.41, 5.74) is 0. The highest BCUT2D eigenvalue weighted by atomic mass is 19.3. The summed E-state index contributed by atoms with van der Waals surface area (Å²) >= 11 is 0. The second-order valence-corrected chi connectivity index (χ2v) is 2.24. The maximum atomic E-state index is 12.4. The van der Waals surface area contributed by atoms with Crippen molar-refractivity contribution >= 4 is 5.97 Å². The molecular weight excluding hydrogens is 182 g/mol. The summed E-state index contributed by atoms with van der Waals surface area (Å²) < 4.78 is 28.8. The molecule has 0 radical (unpaired) electrons. The number of carboxylic acids is 1. The molecule has 0 spiro atoms. The molecule has 0 aromatic heterocycles. The first kappa shape index (κ1) is 9.44. The number of carbonyl (C=O) groups is 1. The number of hydrogen-bond acceptors (Lipinski definition) is 2. The summed E-state index contributed by atoms with van der Waals surface area (Å²) in [4.78, 5) is 9.95. The molecule has 3 nitrogen and oxygen atoms in total. The van der Waals surface area contributed by atoms with Crippen LogP contribution in [-0.4, -0.2) is 17.2 Å². The molecule has 0 unspecified atom stereocenters. The van der Waals surface area contributed by atoms with Gasteiger partial charge in [-0.2, -0.15) is 8.78 Å². The highest BCUT2D eigenvalue weighted by molar-refractivity contribution is 5.73. The van der Waals surface area contributed by atoms with Crippen LogP contribution >= 0.6 is 0 Å². The molecule has 1 aromatic carbocycles. The molecule has 1 N–H and O–H groups in total. The van der Waals surface area contributed by atoms with Gasteiger partial charge in [0.15, 0.2) is 0 Å². The minimum absolute atomic E-state index is 0.185. The second kappa shape index (κ2) is 3.38. The van der Waals surface area contributed by atoms with E-state index < -0.39 is 12.1 Å². The number of para-hydroxylation sites is 1. The Balaban J connectivity index is 2.75. The summed E-state index contributed by atoms with van der Waals surface area (Å²) in [5, 5.41) is 8.03. The van der Waals surface area contributed by atoms with E-state index in [1.165, 1.54) is 24.3 Å². The van der Waals surface area contributed by atoms with Crippen molar-refractivity contribution in [3.8, 4) is 5.75 Å². The molecule has 0 heterocycles. The fourth-order valence-electron chi connectivity index (χ4n) is 0.680. The van der Waals surface area contributed by atoms with Crippen molar-refractivity contribution < 1.29 is 23.4 Å². The number of alkyl halides is 2. The van der Waals surface area contributed by atoms with Crippen molar-refractivity contribution in [2.75, 3.05) is 0 Å². The number of rotatable bonds is 3. The molecule has 13 heavy (non-hydrogen) atoms. The third-order valence-electron chi connectivity index (χ3n) is 1.24. The molecule has 0 aliphatic heterocycles. The normalized spacial score (nSPS) is 10.9. The van der Waals surface area contributed by atoms with Crippen LogP contribution in [0.3, 0.4) is 0 Å². The number of aliphatic carboxylic acids is 1. The zero-order chi connectivity index (χ0) is 9.90. The Morgan fingerprint density at radius 3 is 2.31 bits per heavy atom. The van der Waals surface area contributed by atoms with Crippen molar-refractivity contribution in [3.05, 3.63) is 30.3 Å². The van der Waals surface area contributed by atoms with Crippen LogP contribution in [0, 0.1) is 0 Å². The van der Waals surface area contributed by atoms with Gasteiger partial charge in [0.1, 0.15) is 5.75 Å². The topological polar surface area (TPSA) is 46.5 Å². The van der Waals surface area contributed by atoms with E-state index in [4.69, 9.17) is 5.11 Å². The number of carboxylic acid groups (broad SMARTS) is 1. The van der Waals surface area contributed by atoms with Crippen LogP contribution < -0.4 is 4.74 Å². The zero-order valence-corrected chi connectivity index (χ0v) is 6.41. The molecule has 0 atom stereocenters. The lowest BCUT2D eigenvalue weighted by molar-refractivity contribution is -0.210. The van der Waals surface area contributed by atoms with Crippen molar-refractivity contribution in [1.29, 1.82) is 0 Å². The van der Waals surface area contributed by atoms with E-state index >= 15 is 0 Å². The average molecular weight is 188 g/mol. The Morgan fingerprint density at radius 2 is 1.85 bits per heavy atom. The van der Waals surface area contributed by atoms with Crippen LogP contribution in [-0.2, 0) is 4.79 Å². The van der Waals surface area contributed by atoms with Gasteiger partial charge in [0, 0.05) is 0 Å². The van der Waals surface area contributed by atoms with Crippen molar-refractivity contribution in [1.82, 2.24) is 0 Å². The standard InChI is InChI=1S/C8H6F2O3/c9-8(10,7(11)12)13-6-4-2-1-3-5-6/h1-5H,(H,11,12). The molecule has 5 heteroatoms. The van der Waals surface area contributed by atoms with Gasteiger partial charge >= 0.3 is 12.1 Å². The molecule has 0 saturated heterocycles. The summed E-state index contributed by atoms with van der Waals surface area (Å²) in [6.45, 7) is 0. The van der Waals surface area contributed by atoms with E-state index in [0.29, 0.717) is 0 Å². The fraction of sp³-hybridized carbons (Fsp3) is 0.125. The molecule has 0 aliphatic carbocycles. The van der Waals surface area contributed by atoms with E-state index in [1.807, 2.05) is 0 Å². The maximum absolute atomic E-state index is 12.4. The summed E-state index contributed by atoms with van der Waals surface area (Å²) in [6, 6.07) is 7.03. The van der Waals surface area contributed by atoms with Crippen LogP contribution in [0.2, 0.25) is 0 Å². The first-order chi connectivity index (χ1) is 6.02. The number of benzene rings is 1. The summed E-state index contributed by atoms with van der Waals surface area (Å²) in [5.74, 6) is -2.49. The molecular formula is C8H6F2O3. The number of ether oxygens (including phenoxy) is 1. The summed E-state index contributed by atoms with van der Waals surface area (Å²) in [7, 11) is 0. The quantitative estimate of drug-likeness (QED) is 0.785. The molecule has 1 rings (SSSR count). The average Bonchev–Trinajstić information content (AvgIpc) is 2.05. The lowest BCUT2D eigenvalue weighted by Gasteiger charge is -2.12. The second-order valence-electron chi connectivity index (χ2n) is 2.24. The molecule has 0 amide bonds. The van der Waals surface area contributed by atoms with Crippen LogP contribution in [0.1, 0.15) is 0 Å². The number of halogens is 2. The lowest BCUT2D eigenvalue weighted by Crippen LogP contribution is -2.34. The Labute approximate surface area is 72.6 Å². The van der Waals surface area contributed by atoms with Gasteiger partial charge in [-0.1, -0.05) is 18.2 Å². The first-order valence-corrected chi connectivity index (χ1v) is 3.37. The highest BCUT2D eigenvalue weighted by Gasteiger charge is 2.42. The van der Waals surface area contributed by atoms with Gasteiger partial charge in [-0.05, 0) is 12.1 Å².